The molecule has 2 aromatic rings. The van der Waals surface area contributed by atoms with E-state index < -0.39 is 0 Å². The minimum atomic E-state index is 0.429. The van der Waals surface area contributed by atoms with Crippen molar-refractivity contribution in [3.05, 3.63) is 39.8 Å². The second-order valence-electron chi connectivity index (χ2n) is 6.74. The normalized spacial score (nSPS) is 11.0. The Bertz CT molecular complexity index is 943. The van der Waals surface area contributed by atoms with Gasteiger partial charge in [-0.05, 0) is 63.2 Å². The summed E-state index contributed by atoms with van der Waals surface area (Å²) in [5.41, 5.74) is 4.07. The Labute approximate surface area is 177 Å². The van der Waals surface area contributed by atoms with Crippen molar-refractivity contribution in [3.63, 3.8) is 0 Å². The van der Waals surface area contributed by atoms with E-state index in [1.54, 1.807) is 6.92 Å². The second-order valence-corrected chi connectivity index (χ2v) is 7.74. The highest BCUT2D eigenvalue weighted by Crippen LogP contribution is 2.36. The summed E-state index contributed by atoms with van der Waals surface area (Å²) in [5, 5.41) is 27.6. The molecule has 2 rings (SSSR count). The fourth-order valence-electron chi connectivity index (χ4n) is 3.13. The van der Waals surface area contributed by atoms with Crippen LogP contribution in [0.15, 0.2) is 28.4 Å². The first-order valence-corrected chi connectivity index (χ1v) is 10.7. The summed E-state index contributed by atoms with van der Waals surface area (Å²) in [6.07, 6.45) is 0. The summed E-state index contributed by atoms with van der Waals surface area (Å²) in [7, 11) is 0. The lowest BCUT2D eigenvalue weighted by atomic mass is 10.1. The highest BCUT2D eigenvalue weighted by molar-refractivity contribution is 7.16. The summed E-state index contributed by atoms with van der Waals surface area (Å²) < 4.78 is 0. The van der Waals surface area contributed by atoms with Crippen LogP contribution >= 0.6 is 11.3 Å². The molecule has 7 heteroatoms. The lowest BCUT2D eigenvalue weighted by Gasteiger charge is -2.27. The quantitative estimate of drug-likeness (QED) is 0.499. The number of anilines is 1. The molecule has 1 heterocycles. The maximum absolute atomic E-state index is 9.35. The zero-order valence-corrected chi connectivity index (χ0v) is 18.7. The fourth-order valence-corrected chi connectivity index (χ4v) is 4.00. The van der Waals surface area contributed by atoms with E-state index in [4.69, 9.17) is 5.26 Å². The Hall–Kier alpha value is -2.74. The predicted molar refractivity (Wildman–Crippen MR) is 120 cm³/mol. The van der Waals surface area contributed by atoms with E-state index >= 15 is 0 Å². The van der Waals surface area contributed by atoms with Gasteiger partial charge in [-0.15, -0.1) is 21.6 Å². The minimum Gasteiger partial charge on any atom is -0.371 e. The number of nitriles is 2. The maximum Gasteiger partial charge on any atom is 0.158 e. The van der Waals surface area contributed by atoms with Crippen LogP contribution in [-0.2, 0) is 0 Å². The molecule has 0 N–H and O–H groups in total. The zero-order valence-electron chi connectivity index (χ0n) is 17.9. The smallest absolute Gasteiger partial charge is 0.158 e. The van der Waals surface area contributed by atoms with Crippen molar-refractivity contribution >= 4 is 27.7 Å². The van der Waals surface area contributed by atoms with Crippen LogP contribution in [0.25, 0.3) is 0 Å². The predicted octanol–water partition coefficient (Wildman–Crippen LogP) is 5.69. The van der Waals surface area contributed by atoms with Crippen LogP contribution < -0.4 is 4.90 Å². The number of hydrogen-bond acceptors (Lipinski definition) is 7. The van der Waals surface area contributed by atoms with Crippen molar-refractivity contribution < 1.29 is 0 Å². The SMILES string of the molecule is CCN(CC)CCN(CC)c1ccc(N=Nc2sc(C#N)c(C)c2C#N)c(C)c1. The van der Waals surface area contributed by atoms with Crippen molar-refractivity contribution in [2.45, 2.75) is 34.6 Å². The van der Waals surface area contributed by atoms with E-state index in [-0.39, 0.29) is 0 Å². The van der Waals surface area contributed by atoms with Crippen LogP contribution in [0.3, 0.4) is 0 Å². The maximum atomic E-state index is 9.35. The second kappa shape index (κ2) is 10.7. The van der Waals surface area contributed by atoms with Gasteiger partial charge in [0.1, 0.15) is 17.0 Å². The van der Waals surface area contributed by atoms with Gasteiger partial charge in [0, 0.05) is 25.3 Å². The molecule has 152 valence electrons. The molecule has 0 fully saturated rings. The number of likely N-dealkylation sites (N-methyl/N-ethyl adjacent to an activating group) is 2. The van der Waals surface area contributed by atoms with Gasteiger partial charge < -0.3 is 9.80 Å². The number of thiophene rings is 1. The molecule has 0 aliphatic carbocycles. The van der Waals surface area contributed by atoms with Gasteiger partial charge in [0.25, 0.3) is 0 Å². The molecule has 1 aromatic heterocycles. The molecule has 0 radical (unpaired) electrons. The summed E-state index contributed by atoms with van der Waals surface area (Å²) in [6.45, 7) is 15.4. The molecule has 29 heavy (non-hydrogen) atoms. The Morgan fingerprint density at radius 3 is 2.24 bits per heavy atom. The van der Waals surface area contributed by atoms with Crippen molar-refractivity contribution in [3.8, 4) is 12.1 Å². The molecule has 0 spiro atoms. The monoisotopic (exact) mass is 408 g/mol. The molecule has 0 atom stereocenters. The summed E-state index contributed by atoms with van der Waals surface area (Å²) >= 11 is 1.20. The Kier molecular flexibility index (Phi) is 8.33. The van der Waals surface area contributed by atoms with Gasteiger partial charge in [-0.1, -0.05) is 13.8 Å². The third-order valence-electron chi connectivity index (χ3n) is 5.10. The average Bonchev–Trinajstić information content (AvgIpc) is 3.05. The van der Waals surface area contributed by atoms with Gasteiger partial charge in [-0.2, -0.15) is 10.5 Å². The Balaban J connectivity index is 2.20. The molecule has 0 aliphatic heterocycles. The lowest BCUT2D eigenvalue weighted by Crippen LogP contribution is -2.35. The first-order valence-electron chi connectivity index (χ1n) is 9.92. The molecule has 0 bridgehead atoms. The standard InChI is InChI=1S/C22H28N6S/c1-6-27(7-2)11-12-28(8-3)18-9-10-20(16(4)13-18)25-26-22-19(14-23)17(5)21(15-24)29-22/h9-10,13H,6-8,11-12H2,1-5H3. The van der Waals surface area contributed by atoms with Crippen LogP contribution in [-0.4, -0.2) is 37.6 Å². The molecular weight excluding hydrogens is 380 g/mol. The molecule has 1 aromatic carbocycles. The van der Waals surface area contributed by atoms with Gasteiger partial charge in [0.15, 0.2) is 5.00 Å². The first-order chi connectivity index (χ1) is 14.0. The van der Waals surface area contributed by atoms with Gasteiger partial charge in [-0.3, -0.25) is 0 Å². The number of rotatable bonds is 9. The summed E-state index contributed by atoms with van der Waals surface area (Å²) in [5.74, 6) is 0. The minimum absolute atomic E-state index is 0.429. The first kappa shape index (κ1) is 22.5. The highest BCUT2D eigenvalue weighted by Gasteiger charge is 2.14. The topological polar surface area (TPSA) is 78.8 Å². The molecule has 0 saturated heterocycles. The van der Waals surface area contributed by atoms with Crippen molar-refractivity contribution in [2.24, 2.45) is 10.2 Å². The van der Waals surface area contributed by atoms with Crippen LogP contribution in [0.1, 0.15) is 42.3 Å². The Morgan fingerprint density at radius 1 is 0.966 bits per heavy atom. The van der Waals surface area contributed by atoms with E-state index in [9.17, 15) is 5.26 Å². The summed E-state index contributed by atoms with van der Waals surface area (Å²) in [4.78, 5) is 5.29. The molecular formula is C22H28N6S. The van der Waals surface area contributed by atoms with Crippen LogP contribution in [0.2, 0.25) is 0 Å². The van der Waals surface area contributed by atoms with E-state index in [2.05, 4.69) is 65.1 Å². The van der Waals surface area contributed by atoms with Gasteiger partial charge in [0.2, 0.25) is 0 Å². The molecule has 0 aliphatic rings. The third-order valence-corrected chi connectivity index (χ3v) is 6.18. The number of azo groups is 1. The van der Waals surface area contributed by atoms with Crippen molar-refractivity contribution in [2.75, 3.05) is 37.6 Å². The molecule has 0 saturated carbocycles. The number of aryl methyl sites for hydroxylation is 1. The average molecular weight is 409 g/mol. The zero-order chi connectivity index (χ0) is 21.4. The molecule has 0 amide bonds. The number of nitrogens with zero attached hydrogens (tertiary/aromatic N) is 6. The largest absolute Gasteiger partial charge is 0.371 e. The Morgan fingerprint density at radius 2 is 1.69 bits per heavy atom. The lowest BCUT2D eigenvalue weighted by molar-refractivity contribution is 0.310. The van der Waals surface area contributed by atoms with Gasteiger partial charge >= 0.3 is 0 Å². The fraction of sp³-hybridized carbons (Fsp3) is 0.455. The van der Waals surface area contributed by atoms with E-state index in [0.717, 1.165) is 44.0 Å². The van der Waals surface area contributed by atoms with Crippen molar-refractivity contribution in [1.29, 1.82) is 10.5 Å². The van der Waals surface area contributed by atoms with Crippen LogP contribution in [0.5, 0.6) is 0 Å². The number of benzene rings is 1. The number of hydrogen-bond donors (Lipinski definition) is 0. The van der Waals surface area contributed by atoms with E-state index in [0.29, 0.717) is 21.0 Å². The van der Waals surface area contributed by atoms with Gasteiger partial charge in [0.05, 0.1) is 11.3 Å². The van der Waals surface area contributed by atoms with E-state index in [1.165, 1.54) is 17.0 Å². The molecule has 6 nitrogen and oxygen atoms in total. The van der Waals surface area contributed by atoms with Crippen LogP contribution in [0, 0.1) is 36.5 Å². The van der Waals surface area contributed by atoms with E-state index in [1.807, 2.05) is 13.0 Å². The summed E-state index contributed by atoms with van der Waals surface area (Å²) in [6, 6.07) is 10.4. The third kappa shape index (κ3) is 5.41. The van der Waals surface area contributed by atoms with Crippen molar-refractivity contribution in [1.82, 2.24) is 4.90 Å². The molecule has 0 unspecified atom stereocenters. The van der Waals surface area contributed by atoms with Crippen LogP contribution in [0.4, 0.5) is 16.4 Å². The van der Waals surface area contributed by atoms with Gasteiger partial charge in [-0.25, -0.2) is 0 Å². The highest BCUT2D eigenvalue weighted by atomic mass is 32.1.